The molecule has 0 aromatic heterocycles. The molecule has 1 aliphatic heterocycles. The quantitative estimate of drug-likeness (QED) is 0.596. The van der Waals surface area contributed by atoms with Crippen LogP contribution >= 0.6 is 11.8 Å². The van der Waals surface area contributed by atoms with Crippen molar-refractivity contribution in [1.82, 2.24) is 0 Å². The summed E-state index contributed by atoms with van der Waals surface area (Å²) >= 11 is 1.85. The van der Waals surface area contributed by atoms with Crippen LogP contribution in [0.15, 0.2) is 35.3 Å². The third-order valence-electron chi connectivity index (χ3n) is 1.43. The maximum Gasteiger partial charge on any atom is 0.0844 e. The first-order valence-electron chi connectivity index (χ1n) is 3.97. The van der Waals surface area contributed by atoms with Crippen molar-refractivity contribution >= 4 is 18.0 Å². The number of aliphatic imine (C=N–C) groups is 1. The van der Waals surface area contributed by atoms with Crippen LogP contribution in [0.25, 0.3) is 0 Å². The summed E-state index contributed by atoms with van der Waals surface area (Å²) in [6.07, 6.45) is 1.95. The molecule has 1 nitrogen and oxygen atoms in total. The molecule has 0 amide bonds. The van der Waals surface area contributed by atoms with E-state index in [1.54, 1.807) is 0 Å². The molecule has 0 radical (unpaired) electrons. The molecule has 12 heavy (non-hydrogen) atoms. The topological polar surface area (TPSA) is 12.4 Å². The van der Waals surface area contributed by atoms with Gasteiger partial charge in [0.25, 0.3) is 0 Å². The zero-order valence-corrected chi connectivity index (χ0v) is 8.05. The van der Waals surface area contributed by atoms with E-state index < -0.39 is 0 Å². The lowest BCUT2D eigenvalue weighted by Crippen LogP contribution is -1.62. The third-order valence-corrected chi connectivity index (χ3v) is 2.14. The third kappa shape index (κ3) is 4.19. The van der Waals surface area contributed by atoms with Crippen molar-refractivity contribution < 1.29 is 0 Å². The summed E-state index contributed by atoms with van der Waals surface area (Å²) in [5.41, 5.74) is 1.32. The monoisotopic (exact) mass is 179 g/mol. The lowest BCUT2D eigenvalue weighted by atomic mass is 10.2. The normalized spacial score (nSPS) is 13.8. The van der Waals surface area contributed by atoms with E-state index in [4.69, 9.17) is 0 Å². The minimum atomic E-state index is 0.986. The largest absolute Gasteiger partial charge is 0.286 e. The van der Waals surface area contributed by atoms with Crippen molar-refractivity contribution in [1.29, 1.82) is 0 Å². The first-order valence-corrected chi connectivity index (χ1v) is 5.13. The van der Waals surface area contributed by atoms with Crippen LogP contribution in [0, 0.1) is 6.92 Å². The fourth-order valence-corrected chi connectivity index (χ4v) is 1.32. The number of aryl methyl sites for hydroxylation is 1. The molecule has 1 aromatic carbocycles. The Balaban J connectivity index is 0.000000127. The minimum absolute atomic E-state index is 0.986. The van der Waals surface area contributed by atoms with Crippen molar-refractivity contribution in [2.75, 3.05) is 11.6 Å². The lowest BCUT2D eigenvalue weighted by molar-refractivity contribution is 1.43. The van der Waals surface area contributed by atoms with Crippen LogP contribution in [-0.4, -0.2) is 17.8 Å². The summed E-state index contributed by atoms with van der Waals surface area (Å²) < 4.78 is 0. The zero-order chi connectivity index (χ0) is 8.65. The average Bonchev–Trinajstić information content (AvgIpc) is 2.62. The summed E-state index contributed by atoms with van der Waals surface area (Å²) in [5, 5.41) is 0. The Morgan fingerprint density at radius 3 is 2.25 bits per heavy atom. The van der Waals surface area contributed by atoms with Crippen molar-refractivity contribution in [3.8, 4) is 0 Å². The average molecular weight is 179 g/mol. The first-order chi connectivity index (χ1) is 5.89. The van der Waals surface area contributed by atoms with Gasteiger partial charge >= 0.3 is 0 Å². The highest BCUT2D eigenvalue weighted by Crippen LogP contribution is 2.02. The first kappa shape index (κ1) is 9.33. The van der Waals surface area contributed by atoms with Crippen molar-refractivity contribution in [3.63, 3.8) is 0 Å². The molecule has 1 aliphatic rings. The molecule has 2 heteroatoms. The maximum absolute atomic E-state index is 3.92. The highest BCUT2D eigenvalue weighted by molar-refractivity contribution is 8.00. The van der Waals surface area contributed by atoms with Crippen LogP contribution < -0.4 is 0 Å². The molecule has 0 saturated carbocycles. The number of benzene rings is 1. The number of rotatable bonds is 0. The van der Waals surface area contributed by atoms with E-state index in [2.05, 4.69) is 24.0 Å². The highest BCUT2D eigenvalue weighted by atomic mass is 32.2. The summed E-state index contributed by atoms with van der Waals surface area (Å²) in [6.45, 7) is 2.08. The Hall–Kier alpha value is -0.760. The second-order valence-corrected chi connectivity index (χ2v) is 3.52. The summed E-state index contributed by atoms with van der Waals surface area (Å²) in [5.74, 6) is 2.11. The number of hydrogen-bond donors (Lipinski definition) is 0. The van der Waals surface area contributed by atoms with Gasteiger partial charge in [-0.3, -0.25) is 4.99 Å². The van der Waals surface area contributed by atoms with Crippen LogP contribution in [0.4, 0.5) is 0 Å². The second-order valence-electron chi connectivity index (χ2n) is 2.52. The van der Waals surface area contributed by atoms with Crippen LogP contribution in [-0.2, 0) is 0 Å². The molecular formula is C10H13NS. The highest BCUT2D eigenvalue weighted by Gasteiger charge is 1.85. The number of nitrogens with zero attached hydrogens (tertiary/aromatic N) is 1. The van der Waals surface area contributed by atoms with Crippen LogP contribution in [0.2, 0.25) is 0 Å². The molecule has 64 valence electrons. The molecule has 0 atom stereocenters. The molecule has 2 rings (SSSR count). The molecule has 0 aliphatic carbocycles. The predicted molar refractivity (Wildman–Crippen MR) is 57.0 cm³/mol. The van der Waals surface area contributed by atoms with Crippen LogP contribution in [0.3, 0.4) is 0 Å². The Bertz CT molecular complexity index is 225. The second kappa shape index (κ2) is 5.84. The van der Waals surface area contributed by atoms with E-state index in [-0.39, 0.29) is 0 Å². The van der Waals surface area contributed by atoms with Crippen molar-refractivity contribution in [2.24, 2.45) is 4.99 Å². The molecule has 0 fully saturated rings. The summed E-state index contributed by atoms with van der Waals surface area (Å²) in [6, 6.07) is 10.3. The van der Waals surface area contributed by atoms with E-state index in [1.165, 1.54) is 5.56 Å². The van der Waals surface area contributed by atoms with E-state index in [1.807, 2.05) is 36.2 Å². The summed E-state index contributed by atoms with van der Waals surface area (Å²) in [4.78, 5) is 3.92. The van der Waals surface area contributed by atoms with Gasteiger partial charge in [-0.2, -0.15) is 0 Å². The molecule has 0 bridgehead atoms. The maximum atomic E-state index is 3.92. The van der Waals surface area contributed by atoms with E-state index >= 15 is 0 Å². The van der Waals surface area contributed by atoms with Crippen LogP contribution in [0.5, 0.6) is 0 Å². The fourth-order valence-electron chi connectivity index (χ4n) is 0.798. The molecule has 0 spiro atoms. The van der Waals surface area contributed by atoms with Gasteiger partial charge in [-0.1, -0.05) is 35.9 Å². The van der Waals surface area contributed by atoms with Gasteiger partial charge < -0.3 is 0 Å². The minimum Gasteiger partial charge on any atom is -0.286 e. The zero-order valence-electron chi connectivity index (χ0n) is 7.23. The van der Waals surface area contributed by atoms with Gasteiger partial charge in [0.15, 0.2) is 0 Å². The molecular weight excluding hydrogens is 166 g/mol. The van der Waals surface area contributed by atoms with Gasteiger partial charge in [0.05, 0.1) is 5.88 Å². The van der Waals surface area contributed by atoms with Gasteiger partial charge in [-0.05, 0) is 6.92 Å². The van der Waals surface area contributed by atoms with Gasteiger partial charge in [0.2, 0.25) is 0 Å². The van der Waals surface area contributed by atoms with E-state index in [0.717, 1.165) is 11.6 Å². The molecule has 1 aromatic rings. The van der Waals surface area contributed by atoms with E-state index in [9.17, 15) is 0 Å². The molecule has 0 unspecified atom stereocenters. The fraction of sp³-hybridized carbons (Fsp3) is 0.300. The SMILES string of the molecule is C1=NCSC1.Cc1ccccc1. The summed E-state index contributed by atoms with van der Waals surface area (Å²) in [7, 11) is 0. The Labute approximate surface area is 77.9 Å². The molecule has 0 N–H and O–H groups in total. The van der Waals surface area contributed by atoms with Gasteiger partial charge in [-0.15, -0.1) is 11.8 Å². The number of thioether (sulfide) groups is 1. The Morgan fingerprint density at radius 2 is 2.00 bits per heavy atom. The lowest BCUT2D eigenvalue weighted by Gasteiger charge is -1.82. The van der Waals surface area contributed by atoms with E-state index in [0.29, 0.717) is 0 Å². The number of hydrogen-bond acceptors (Lipinski definition) is 2. The van der Waals surface area contributed by atoms with Crippen LogP contribution in [0.1, 0.15) is 5.56 Å². The predicted octanol–water partition coefficient (Wildman–Crippen LogP) is 2.76. The van der Waals surface area contributed by atoms with Gasteiger partial charge in [-0.25, -0.2) is 0 Å². The standard InChI is InChI=1S/C7H8.C3H5NS/c1-7-5-3-2-4-6-7;1-2-5-3-4-1/h2-6H,1H3;1H,2-3H2. The smallest absolute Gasteiger partial charge is 0.0844 e. The Morgan fingerprint density at radius 1 is 1.25 bits per heavy atom. The van der Waals surface area contributed by atoms with Gasteiger partial charge in [0.1, 0.15) is 0 Å². The van der Waals surface area contributed by atoms with Crippen molar-refractivity contribution in [3.05, 3.63) is 35.9 Å². The Kier molecular flexibility index (Phi) is 4.54. The van der Waals surface area contributed by atoms with Crippen molar-refractivity contribution in [2.45, 2.75) is 6.92 Å². The van der Waals surface area contributed by atoms with Gasteiger partial charge in [0, 0.05) is 12.0 Å². The molecule has 1 heterocycles. The molecule has 0 saturated heterocycles.